The predicted molar refractivity (Wildman–Crippen MR) is 92.8 cm³/mol. The molecule has 2 aromatic carbocycles. The highest BCUT2D eigenvalue weighted by Crippen LogP contribution is 2.24. The van der Waals surface area contributed by atoms with Gasteiger partial charge in [0, 0.05) is 6.07 Å². The topological polar surface area (TPSA) is 68.5 Å². The second kappa shape index (κ2) is 6.58. The molecular formula is C19H17NO4. The summed E-state index contributed by atoms with van der Waals surface area (Å²) in [4.78, 5) is 24.7. The van der Waals surface area contributed by atoms with Crippen molar-refractivity contribution in [3.63, 3.8) is 0 Å². The van der Waals surface area contributed by atoms with E-state index in [0.717, 1.165) is 5.56 Å². The zero-order valence-electron chi connectivity index (χ0n) is 13.5. The van der Waals surface area contributed by atoms with E-state index in [2.05, 4.69) is 5.32 Å². The van der Waals surface area contributed by atoms with Gasteiger partial charge in [-0.1, -0.05) is 24.3 Å². The zero-order valence-corrected chi connectivity index (χ0v) is 13.5. The highest BCUT2D eigenvalue weighted by molar-refractivity contribution is 6.03. The van der Waals surface area contributed by atoms with Crippen LogP contribution in [-0.2, 0) is 0 Å². The number of hydrogen-bond donors (Lipinski definition) is 1. The van der Waals surface area contributed by atoms with Crippen LogP contribution in [0, 0.1) is 6.92 Å². The number of nitrogens with one attached hydrogen (secondary N) is 1. The summed E-state index contributed by atoms with van der Waals surface area (Å²) in [5.41, 5.74) is 1.50. The lowest BCUT2D eigenvalue weighted by Gasteiger charge is -2.11. The molecule has 0 spiro atoms. The van der Waals surface area contributed by atoms with Gasteiger partial charge in [-0.15, -0.1) is 0 Å². The van der Waals surface area contributed by atoms with E-state index in [9.17, 15) is 9.59 Å². The van der Waals surface area contributed by atoms with Gasteiger partial charge in [-0.05, 0) is 37.6 Å². The van der Waals surface area contributed by atoms with Crippen LogP contribution in [0.2, 0.25) is 0 Å². The molecule has 1 aromatic heterocycles. The van der Waals surface area contributed by atoms with Crippen molar-refractivity contribution in [2.45, 2.75) is 13.8 Å². The number of carbonyl (C=O) groups is 1. The molecular weight excluding hydrogens is 306 g/mol. The fraction of sp³-hybridized carbons (Fsp3) is 0.158. The highest BCUT2D eigenvalue weighted by atomic mass is 16.5. The van der Waals surface area contributed by atoms with E-state index in [-0.39, 0.29) is 11.2 Å². The smallest absolute Gasteiger partial charge is 0.291 e. The van der Waals surface area contributed by atoms with Crippen molar-refractivity contribution in [2.24, 2.45) is 0 Å². The molecule has 5 heteroatoms. The van der Waals surface area contributed by atoms with Gasteiger partial charge in [0.25, 0.3) is 5.91 Å². The molecule has 0 aliphatic rings. The number of para-hydroxylation sites is 3. The van der Waals surface area contributed by atoms with Crippen molar-refractivity contribution in [3.05, 3.63) is 70.1 Å². The van der Waals surface area contributed by atoms with Gasteiger partial charge >= 0.3 is 0 Å². The van der Waals surface area contributed by atoms with E-state index in [4.69, 9.17) is 9.15 Å². The molecule has 0 aliphatic carbocycles. The third-order valence-corrected chi connectivity index (χ3v) is 3.61. The van der Waals surface area contributed by atoms with Crippen LogP contribution in [0.4, 0.5) is 5.69 Å². The van der Waals surface area contributed by atoms with Crippen LogP contribution in [0.3, 0.4) is 0 Å². The standard InChI is InChI=1S/C19H17NO4/c1-3-23-16-10-5-4-9-14(16)20-19(22)17-11-15(21)13-8-6-7-12(2)18(13)24-17/h4-11H,3H2,1-2H3,(H,20,22). The van der Waals surface area contributed by atoms with Crippen molar-refractivity contribution in [1.82, 2.24) is 0 Å². The second-order valence-electron chi connectivity index (χ2n) is 5.31. The van der Waals surface area contributed by atoms with Gasteiger partial charge in [0.1, 0.15) is 11.3 Å². The molecule has 0 fully saturated rings. The SMILES string of the molecule is CCOc1ccccc1NC(=O)c1cc(=O)c2cccc(C)c2o1. The Morgan fingerprint density at radius 2 is 1.96 bits per heavy atom. The van der Waals surface area contributed by atoms with Gasteiger partial charge in [0.2, 0.25) is 0 Å². The molecule has 0 atom stereocenters. The number of anilines is 1. The minimum atomic E-state index is -0.496. The van der Waals surface area contributed by atoms with E-state index in [1.807, 2.05) is 26.0 Å². The summed E-state index contributed by atoms with van der Waals surface area (Å²) in [6.07, 6.45) is 0. The van der Waals surface area contributed by atoms with Crippen LogP contribution in [0.25, 0.3) is 11.0 Å². The van der Waals surface area contributed by atoms with E-state index in [1.54, 1.807) is 30.3 Å². The summed E-state index contributed by atoms with van der Waals surface area (Å²) in [6.45, 7) is 4.18. The molecule has 0 aliphatic heterocycles. The molecule has 5 nitrogen and oxygen atoms in total. The van der Waals surface area contributed by atoms with Crippen molar-refractivity contribution in [2.75, 3.05) is 11.9 Å². The molecule has 3 aromatic rings. The Bertz CT molecular complexity index is 959. The Labute approximate surface area is 138 Å². The number of carbonyl (C=O) groups excluding carboxylic acids is 1. The monoisotopic (exact) mass is 323 g/mol. The number of amides is 1. The summed E-state index contributed by atoms with van der Waals surface area (Å²) >= 11 is 0. The van der Waals surface area contributed by atoms with Crippen molar-refractivity contribution in [1.29, 1.82) is 0 Å². The second-order valence-corrected chi connectivity index (χ2v) is 5.31. The molecule has 0 saturated carbocycles. The highest BCUT2D eigenvalue weighted by Gasteiger charge is 2.15. The minimum Gasteiger partial charge on any atom is -0.492 e. The van der Waals surface area contributed by atoms with Crippen LogP contribution in [0.1, 0.15) is 23.0 Å². The first-order valence-corrected chi connectivity index (χ1v) is 7.67. The number of ether oxygens (including phenoxy) is 1. The summed E-state index contributed by atoms with van der Waals surface area (Å²) in [5.74, 6) is 0.0326. The van der Waals surface area contributed by atoms with E-state index in [1.165, 1.54) is 6.07 Å². The summed E-state index contributed by atoms with van der Waals surface area (Å²) in [7, 11) is 0. The zero-order chi connectivity index (χ0) is 17.1. The maximum Gasteiger partial charge on any atom is 0.291 e. The first kappa shape index (κ1) is 15.8. The number of rotatable bonds is 4. The Morgan fingerprint density at radius 3 is 2.75 bits per heavy atom. The maximum absolute atomic E-state index is 12.5. The Hall–Kier alpha value is -3.08. The fourth-order valence-corrected chi connectivity index (χ4v) is 2.47. The molecule has 1 amide bonds. The van der Waals surface area contributed by atoms with Crippen molar-refractivity contribution >= 4 is 22.6 Å². The molecule has 0 bridgehead atoms. The fourth-order valence-electron chi connectivity index (χ4n) is 2.47. The van der Waals surface area contributed by atoms with Gasteiger partial charge in [-0.3, -0.25) is 9.59 Å². The van der Waals surface area contributed by atoms with Crippen LogP contribution >= 0.6 is 0 Å². The number of fused-ring (bicyclic) bond motifs is 1. The molecule has 1 N–H and O–H groups in total. The van der Waals surface area contributed by atoms with Crippen molar-refractivity contribution in [3.8, 4) is 5.75 Å². The lowest BCUT2D eigenvalue weighted by Crippen LogP contribution is -2.15. The van der Waals surface area contributed by atoms with Crippen LogP contribution < -0.4 is 15.5 Å². The van der Waals surface area contributed by atoms with E-state index < -0.39 is 5.91 Å². The largest absolute Gasteiger partial charge is 0.492 e. The number of hydrogen-bond acceptors (Lipinski definition) is 4. The lowest BCUT2D eigenvalue weighted by atomic mass is 10.1. The van der Waals surface area contributed by atoms with Gasteiger partial charge in [0.05, 0.1) is 17.7 Å². The molecule has 1 heterocycles. The summed E-state index contributed by atoms with van der Waals surface area (Å²) in [6, 6.07) is 13.6. The molecule has 24 heavy (non-hydrogen) atoms. The molecule has 3 rings (SSSR count). The minimum absolute atomic E-state index is 0.0342. The van der Waals surface area contributed by atoms with Crippen LogP contribution in [0.15, 0.2) is 57.7 Å². The third kappa shape index (κ3) is 3.01. The van der Waals surface area contributed by atoms with Crippen molar-refractivity contribution < 1.29 is 13.9 Å². The Balaban J connectivity index is 1.98. The number of benzene rings is 2. The van der Waals surface area contributed by atoms with Crippen LogP contribution in [0.5, 0.6) is 5.75 Å². The van der Waals surface area contributed by atoms with Gasteiger partial charge in [0.15, 0.2) is 11.2 Å². The van der Waals surface area contributed by atoms with Crippen LogP contribution in [-0.4, -0.2) is 12.5 Å². The number of aryl methyl sites for hydroxylation is 1. The summed E-state index contributed by atoms with van der Waals surface area (Å²) in [5, 5.41) is 3.19. The quantitative estimate of drug-likeness (QED) is 0.794. The third-order valence-electron chi connectivity index (χ3n) is 3.61. The molecule has 122 valence electrons. The Morgan fingerprint density at radius 1 is 1.17 bits per heavy atom. The molecule has 0 saturated heterocycles. The maximum atomic E-state index is 12.5. The molecule has 0 radical (unpaired) electrons. The normalized spacial score (nSPS) is 10.6. The first-order chi connectivity index (χ1) is 11.6. The average Bonchev–Trinajstić information content (AvgIpc) is 2.57. The van der Waals surface area contributed by atoms with E-state index >= 15 is 0 Å². The van der Waals surface area contributed by atoms with Gasteiger partial charge in [-0.25, -0.2) is 0 Å². The summed E-state index contributed by atoms with van der Waals surface area (Å²) < 4.78 is 11.1. The Kier molecular flexibility index (Phi) is 4.33. The first-order valence-electron chi connectivity index (χ1n) is 7.67. The van der Waals surface area contributed by atoms with Gasteiger partial charge in [-0.2, -0.15) is 0 Å². The average molecular weight is 323 g/mol. The van der Waals surface area contributed by atoms with Gasteiger partial charge < -0.3 is 14.5 Å². The molecule has 0 unspecified atom stereocenters. The lowest BCUT2D eigenvalue weighted by molar-refractivity contribution is 0.0996. The predicted octanol–water partition coefficient (Wildman–Crippen LogP) is 3.75. The van der Waals surface area contributed by atoms with E-state index in [0.29, 0.717) is 29.0 Å².